The number of carbonyl (C=O) groups excluding carboxylic acids is 2. The van der Waals surface area contributed by atoms with Gasteiger partial charge in [0.2, 0.25) is 5.95 Å². The van der Waals surface area contributed by atoms with Crippen LogP contribution in [0.5, 0.6) is 0 Å². The Morgan fingerprint density at radius 3 is 2.65 bits per heavy atom. The van der Waals surface area contributed by atoms with Gasteiger partial charge in [0, 0.05) is 42.6 Å². The van der Waals surface area contributed by atoms with Crippen molar-refractivity contribution in [3.8, 4) is 0 Å². The lowest BCUT2D eigenvalue weighted by molar-refractivity contribution is 0.0733. The number of aromatic nitrogens is 2. The molecule has 0 radical (unpaired) electrons. The number of aryl methyl sites for hydroxylation is 1. The van der Waals surface area contributed by atoms with E-state index in [4.69, 9.17) is 11.5 Å². The number of hydrogen-bond acceptors (Lipinski definition) is 7. The Balaban J connectivity index is 1.36. The third-order valence-corrected chi connectivity index (χ3v) is 7.33. The topological polar surface area (TPSA) is 139 Å². The molecule has 2 atom stereocenters. The molecule has 192 valence electrons. The number of benzene rings is 2. The molecule has 6 N–H and O–H groups in total. The van der Waals surface area contributed by atoms with Crippen LogP contribution >= 0.6 is 0 Å². The molecule has 2 amide bonds. The van der Waals surface area contributed by atoms with E-state index < -0.39 is 5.91 Å². The van der Waals surface area contributed by atoms with Gasteiger partial charge in [-0.25, -0.2) is 4.98 Å². The zero-order valence-corrected chi connectivity index (χ0v) is 21.0. The molecule has 1 aliphatic carbocycles. The summed E-state index contributed by atoms with van der Waals surface area (Å²) in [5.41, 5.74) is 16.8. The molecular weight excluding hydrogens is 466 g/mol. The molecular formula is C28H33N7O2. The van der Waals surface area contributed by atoms with Crippen LogP contribution < -0.4 is 22.1 Å². The molecule has 2 heterocycles. The molecule has 5 rings (SSSR count). The van der Waals surface area contributed by atoms with E-state index in [1.165, 1.54) is 11.8 Å². The zero-order valence-electron chi connectivity index (χ0n) is 21.0. The first-order valence-corrected chi connectivity index (χ1v) is 12.8. The number of amides is 2. The number of nitrogens with two attached hydrogens (primary N) is 2. The van der Waals surface area contributed by atoms with Crippen LogP contribution in [0.3, 0.4) is 0 Å². The minimum atomic E-state index is -0.614. The Hall–Kier alpha value is -3.98. The standard InChI is InChI=1S/C28H33N7O2/c1-17-6-2-3-7-21(17)27(37)35-13-12-18-10-11-20(14-19(18)16-35)32-26-22(25(30)36)15-31-28(34-26)33-24-9-5-4-8-23(24)29/h2-3,6-7,10-11,14-15,23-24H,4-5,8-9,12-13,16,29H2,1H3,(H2,30,36)(H2,31,32,33,34)/t23-,24+/m0/s1. The third-order valence-electron chi connectivity index (χ3n) is 7.33. The molecule has 0 unspecified atom stereocenters. The van der Waals surface area contributed by atoms with Gasteiger partial charge in [0.05, 0.1) is 0 Å². The van der Waals surface area contributed by atoms with Crippen LogP contribution in [0.1, 0.15) is 63.1 Å². The lowest BCUT2D eigenvalue weighted by atomic mass is 9.91. The molecule has 3 aromatic rings. The van der Waals surface area contributed by atoms with Gasteiger partial charge in [-0.1, -0.05) is 37.1 Å². The average Bonchev–Trinajstić information content (AvgIpc) is 2.89. The van der Waals surface area contributed by atoms with Crippen LogP contribution in [0.4, 0.5) is 17.5 Å². The summed E-state index contributed by atoms with van der Waals surface area (Å²) >= 11 is 0. The van der Waals surface area contributed by atoms with E-state index in [0.29, 0.717) is 24.9 Å². The van der Waals surface area contributed by atoms with Gasteiger partial charge in [-0.15, -0.1) is 0 Å². The smallest absolute Gasteiger partial charge is 0.254 e. The summed E-state index contributed by atoms with van der Waals surface area (Å²) in [7, 11) is 0. The minimum Gasteiger partial charge on any atom is -0.365 e. The van der Waals surface area contributed by atoms with Crippen molar-refractivity contribution < 1.29 is 9.59 Å². The number of hydrogen-bond donors (Lipinski definition) is 4. The van der Waals surface area contributed by atoms with Crippen molar-refractivity contribution in [2.75, 3.05) is 17.2 Å². The Morgan fingerprint density at radius 1 is 1.05 bits per heavy atom. The Labute approximate surface area is 216 Å². The molecule has 1 aromatic heterocycles. The molecule has 1 fully saturated rings. The highest BCUT2D eigenvalue weighted by molar-refractivity contribution is 5.98. The molecule has 0 saturated heterocycles. The number of fused-ring (bicyclic) bond motifs is 1. The van der Waals surface area contributed by atoms with Gasteiger partial charge in [-0.05, 0) is 61.1 Å². The molecule has 9 nitrogen and oxygen atoms in total. The molecule has 2 aliphatic rings. The number of nitrogens with one attached hydrogen (secondary N) is 2. The Morgan fingerprint density at radius 2 is 1.86 bits per heavy atom. The van der Waals surface area contributed by atoms with Crippen LogP contribution in [-0.2, 0) is 13.0 Å². The van der Waals surface area contributed by atoms with E-state index in [2.05, 4.69) is 26.7 Å². The summed E-state index contributed by atoms with van der Waals surface area (Å²) in [5.74, 6) is 0.155. The van der Waals surface area contributed by atoms with Gasteiger partial charge in [0.25, 0.3) is 11.8 Å². The van der Waals surface area contributed by atoms with E-state index in [9.17, 15) is 9.59 Å². The molecule has 37 heavy (non-hydrogen) atoms. The summed E-state index contributed by atoms with van der Waals surface area (Å²) in [4.78, 5) is 36.0. The summed E-state index contributed by atoms with van der Waals surface area (Å²) in [6, 6.07) is 13.8. The second-order valence-electron chi connectivity index (χ2n) is 9.92. The van der Waals surface area contributed by atoms with Gasteiger partial charge in [-0.2, -0.15) is 4.98 Å². The fourth-order valence-corrected chi connectivity index (χ4v) is 5.16. The molecule has 1 saturated carbocycles. The van der Waals surface area contributed by atoms with Crippen LogP contribution in [0, 0.1) is 6.92 Å². The van der Waals surface area contributed by atoms with Crippen LogP contribution in [-0.4, -0.2) is 45.3 Å². The normalized spacial score (nSPS) is 19.1. The van der Waals surface area contributed by atoms with Gasteiger partial charge in [0.15, 0.2) is 0 Å². The van der Waals surface area contributed by atoms with E-state index >= 15 is 0 Å². The quantitative estimate of drug-likeness (QED) is 0.407. The van der Waals surface area contributed by atoms with E-state index in [0.717, 1.165) is 54.5 Å². The van der Waals surface area contributed by atoms with Crippen molar-refractivity contribution in [3.63, 3.8) is 0 Å². The molecule has 0 spiro atoms. The van der Waals surface area contributed by atoms with Gasteiger partial charge in [-0.3, -0.25) is 9.59 Å². The van der Waals surface area contributed by atoms with E-state index in [-0.39, 0.29) is 23.6 Å². The van der Waals surface area contributed by atoms with E-state index in [1.54, 1.807) is 0 Å². The van der Waals surface area contributed by atoms with Crippen molar-refractivity contribution in [3.05, 3.63) is 76.5 Å². The van der Waals surface area contributed by atoms with E-state index in [1.807, 2.05) is 48.2 Å². The molecule has 1 aliphatic heterocycles. The number of carbonyl (C=O) groups is 2. The fourth-order valence-electron chi connectivity index (χ4n) is 5.16. The minimum absolute atomic E-state index is 0.0329. The second-order valence-corrected chi connectivity index (χ2v) is 9.92. The number of anilines is 3. The first-order valence-electron chi connectivity index (χ1n) is 12.8. The maximum atomic E-state index is 13.2. The van der Waals surface area contributed by atoms with Gasteiger partial charge < -0.3 is 27.0 Å². The maximum Gasteiger partial charge on any atom is 0.254 e. The van der Waals surface area contributed by atoms with Crippen molar-refractivity contribution in [1.82, 2.24) is 14.9 Å². The maximum absolute atomic E-state index is 13.2. The summed E-state index contributed by atoms with van der Waals surface area (Å²) in [6.07, 6.45) is 6.36. The predicted molar refractivity (Wildman–Crippen MR) is 144 cm³/mol. The fraction of sp³-hybridized carbons (Fsp3) is 0.357. The van der Waals surface area contributed by atoms with Crippen molar-refractivity contribution in [1.29, 1.82) is 0 Å². The highest BCUT2D eigenvalue weighted by Gasteiger charge is 2.25. The Kier molecular flexibility index (Phi) is 7.05. The highest BCUT2D eigenvalue weighted by atomic mass is 16.2. The SMILES string of the molecule is Cc1ccccc1C(=O)N1CCc2ccc(Nc3nc(N[C@@H]4CCCC[C@@H]4N)ncc3C(N)=O)cc2C1. The Bertz CT molecular complexity index is 1330. The largest absolute Gasteiger partial charge is 0.365 e. The summed E-state index contributed by atoms with van der Waals surface area (Å²) < 4.78 is 0. The third kappa shape index (κ3) is 5.41. The van der Waals surface area contributed by atoms with Crippen molar-refractivity contribution >= 4 is 29.3 Å². The molecule has 0 bridgehead atoms. The highest BCUT2D eigenvalue weighted by Crippen LogP contribution is 2.27. The number of rotatable bonds is 6. The number of nitrogens with zero attached hydrogens (tertiary/aromatic N) is 3. The lowest BCUT2D eigenvalue weighted by Gasteiger charge is -2.30. The monoisotopic (exact) mass is 499 g/mol. The lowest BCUT2D eigenvalue weighted by Crippen LogP contribution is -2.43. The number of primary amides is 1. The van der Waals surface area contributed by atoms with Gasteiger partial charge >= 0.3 is 0 Å². The first kappa shape index (κ1) is 24.7. The van der Waals surface area contributed by atoms with Crippen molar-refractivity contribution in [2.24, 2.45) is 11.5 Å². The van der Waals surface area contributed by atoms with Crippen LogP contribution in [0.15, 0.2) is 48.7 Å². The summed E-state index contributed by atoms with van der Waals surface area (Å²) in [6.45, 7) is 3.14. The first-order chi connectivity index (χ1) is 17.9. The molecule has 2 aromatic carbocycles. The zero-order chi connectivity index (χ0) is 25.9. The van der Waals surface area contributed by atoms with Crippen LogP contribution in [0.25, 0.3) is 0 Å². The second kappa shape index (κ2) is 10.6. The average molecular weight is 500 g/mol. The predicted octanol–water partition coefficient (Wildman–Crippen LogP) is 3.51. The van der Waals surface area contributed by atoms with Crippen molar-refractivity contribution in [2.45, 2.75) is 57.7 Å². The summed E-state index contributed by atoms with van der Waals surface area (Å²) in [5, 5.41) is 6.58. The van der Waals surface area contributed by atoms with Crippen LogP contribution in [0.2, 0.25) is 0 Å². The molecule has 9 heteroatoms. The van der Waals surface area contributed by atoms with Gasteiger partial charge in [0.1, 0.15) is 11.4 Å².